The van der Waals surface area contributed by atoms with Crippen molar-refractivity contribution in [1.82, 2.24) is 0 Å². The van der Waals surface area contributed by atoms with Crippen molar-refractivity contribution in [3.8, 4) is 0 Å². The second kappa shape index (κ2) is 3.21. The maximum absolute atomic E-state index is 5.28. The summed E-state index contributed by atoms with van der Waals surface area (Å²) in [4.78, 5) is 0. The van der Waals surface area contributed by atoms with Crippen LogP contribution < -0.4 is 0 Å². The molecule has 0 aromatic rings. The van der Waals surface area contributed by atoms with Crippen molar-refractivity contribution in [1.29, 1.82) is 0 Å². The van der Waals surface area contributed by atoms with Crippen molar-refractivity contribution in [3.63, 3.8) is 0 Å². The molecule has 0 saturated carbocycles. The molecule has 0 aromatic heterocycles. The first-order valence-corrected chi connectivity index (χ1v) is 3.41. The fraction of sp³-hybridized carbons (Fsp3) is 0.875. The van der Waals surface area contributed by atoms with Crippen LogP contribution in [-0.2, 0) is 4.74 Å². The largest absolute Gasteiger partial charge is 0.372 e. The SMILES string of the molecule is C[CH]OC(C)C(C)(C)C. The van der Waals surface area contributed by atoms with Gasteiger partial charge in [0.05, 0.1) is 12.7 Å². The maximum Gasteiger partial charge on any atom is 0.0809 e. The molecule has 0 aliphatic carbocycles. The number of hydrogen-bond donors (Lipinski definition) is 0. The quantitative estimate of drug-likeness (QED) is 0.557. The van der Waals surface area contributed by atoms with Gasteiger partial charge in [0, 0.05) is 0 Å². The van der Waals surface area contributed by atoms with E-state index in [0.29, 0.717) is 6.10 Å². The van der Waals surface area contributed by atoms with Crippen molar-refractivity contribution >= 4 is 0 Å². The Morgan fingerprint density at radius 2 is 1.78 bits per heavy atom. The molecular formula is C8H17O. The molecule has 0 N–H and O–H groups in total. The van der Waals surface area contributed by atoms with Gasteiger partial charge in [0.25, 0.3) is 0 Å². The molecule has 0 aliphatic rings. The fourth-order valence-electron chi connectivity index (χ4n) is 0.408. The lowest BCUT2D eigenvalue weighted by Crippen LogP contribution is -2.24. The third-order valence-electron chi connectivity index (χ3n) is 1.56. The molecule has 0 bridgehead atoms. The molecular weight excluding hydrogens is 112 g/mol. The predicted octanol–water partition coefficient (Wildman–Crippen LogP) is 2.62. The van der Waals surface area contributed by atoms with E-state index in [2.05, 4.69) is 27.7 Å². The average molecular weight is 129 g/mol. The third kappa shape index (κ3) is 3.52. The molecule has 1 heteroatoms. The zero-order valence-electron chi connectivity index (χ0n) is 7.06. The lowest BCUT2D eigenvalue weighted by atomic mass is 9.90. The summed E-state index contributed by atoms with van der Waals surface area (Å²) < 4.78 is 5.28. The monoisotopic (exact) mass is 129 g/mol. The van der Waals surface area contributed by atoms with Crippen LogP contribution in [0.1, 0.15) is 34.6 Å². The van der Waals surface area contributed by atoms with E-state index in [4.69, 9.17) is 4.74 Å². The Kier molecular flexibility index (Phi) is 3.20. The Bertz CT molecular complexity index is 71.1. The molecule has 0 amide bonds. The summed E-state index contributed by atoms with van der Waals surface area (Å²) >= 11 is 0. The van der Waals surface area contributed by atoms with E-state index in [1.165, 1.54) is 0 Å². The van der Waals surface area contributed by atoms with Gasteiger partial charge in [-0.1, -0.05) is 20.8 Å². The molecule has 0 heterocycles. The Balaban J connectivity index is 3.59. The van der Waals surface area contributed by atoms with E-state index in [-0.39, 0.29) is 5.41 Å². The number of ether oxygens (including phenoxy) is 1. The van der Waals surface area contributed by atoms with Gasteiger partial charge in [0.15, 0.2) is 0 Å². The van der Waals surface area contributed by atoms with Gasteiger partial charge in [-0.25, -0.2) is 0 Å². The van der Waals surface area contributed by atoms with Crippen molar-refractivity contribution in [2.24, 2.45) is 5.41 Å². The highest BCUT2D eigenvalue weighted by atomic mass is 16.5. The summed E-state index contributed by atoms with van der Waals surface area (Å²) in [6.07, 6.45) is 0.308. The molecule has 0 rings (SSSR count). The van der Waals surface area contributed by atoms with Crippen molar-refractivity contribution in [3.05, 3.63) is 6.61 Å². The van der Waals surface area contributed by atoms with Crippen LogP contribution in [0.3, 0.4) is 0 Å². The minimum atomic E-state index is 0.256. The predicted molar refractivity (Wildman–Crippen MR) is 40.0 cm³/mol. The Hall–Kier alpha value is -0.0400. The summed E-state index contributed by atoms with van der Waals surface area (Å²) in [6, 6.07) is 0. The molecule has 1 unspecified atom stereocenters. The summed E-state index contributed by atoms with van der Waals surface area (Å²) in [7, 11) is 0. The van der Waals surface area contributed by atoms with Crippen LogP contribution in [0.4, 0.5) is 0 Å². The smallest absolute Gasteiger partial charge is 0.0809 e. The summed E-state index contributed by atoms with van der Waals surface area (Å²) in [5.74, 6) is 0. The Morgan fingerprint density at radius 3 is 1.89 bits per heavy atom. The minimum absolute atomic E-state index is 0.256. The molecule has 0 aliphatic heterocycles. The summed E-state index contributed by atoms with van der Waals surface area (Å²) in [5, 5.41) is 0. The number of hydrogen-bond acceptors (Lipinski definition) is 1. The molecule has 0 fully saturated rings. The minimum Gasteiger partial charge on any atom is -0.372 e. The first-order chi connectivity index (χ1) is 3.98. The van der Waals surface area contributed by atoms with Gasteiger partial charge in [-0.2, -0.15) is 0 Å². The average Bonchev–Trinajstić information content (AvgIpc) is 1.64. The highest BCUT2D eigenvalue weighted by Gasteiger charge is 2.19. The third-order valence-corrected chi connectivity index (χ3v) is 1.56. The zero-order valence-corrected chi connectivity index (χ0v) is 7.06. The van der Waals surface area contributed by atoms with Gasteiger partial charge in [-0.3, -0.25) is 0 Å². The van der Waals surface area contributed by atoms with Gasteiger partial charge >= 0.3 is 0 Å². The summed E-state index contributed by atoms with van der Waals surface area (Å²) in [5.41, 5.74) is 0.256. The molecule has 0 aromatic carbocycles. The van der Waals surface area contributed by atoms with Crippen LogP contribution in [0.5, 0.6) is 0 Å². The van der Waals surface area contributed by atoms with E-state index in [1.54, 1.807) is 6.61 Å². The van der Waals surface area contributed by atoms with Gasteiger partial charge in [0.2, 0.25) is 0 Å². The Labute approximate surface area is 58.4 Å². The molecule has 1 radical (unpaired) electrons. The molecule has 0 saturated heterocycles. The van der Waals surface area contributed by atoms with Crippen LogP contribution >= 0.6 is 0 Å². The highest BCUT2D eigenvalue weighted by molar-refractivity contribution is 4.70. The van der Waals surface area contributed by atoms with Crippen molar-refractivity contribution in [2.75, 3.05) is 0 Å². The van der Waals surface area contributed by atoms with Crippen molar-refractivity contribution in [2.45, 2.75) is 40.7 Å². The van der Waals surface area contributed by atoms with Gasteiger partial charge in [-0.05, 0) is 19.3 Å². The molecule has 55 valence electrons. The Morgan fingerprint density at radius 1 is 1.33 bits per heavy atom. The van der Waals surface area contributed by atoms with Crippen molar-refractivity contribution < 1.29 is 4.74 Å². The highest BCUT2D eigenvalue weighted by Crippen LogP contribution is 2.21. The van der Waals surface area contributed by atoms with E-state index >= 15 is 0 Å². The van der Waals surface area contributed by atoms with E-state index in [0.717, 1.165) is 0 Å². The van der Waals surface area contributed by atoms with Crippen LogP contribution in [0.2, 0.25) is 0 Å². The van der Waals surface area contributed by atoms with E-state index < -0.39 is 0 Å². The molecule has 1 nitrogen and oxygen atoms in total. The first-order valence-electron chi connectivity index (χ1n) is 3.41. The molecule has 9 heavy (non-hydrogen) atoms. The zero-order chi connectivity index (χ0) is 7.49. The first kappa shape index (κ1) is 8.96. The normalized spacial score (nSPS) is 15.7. The standard InChI is InChI=1S/C8H17O/c1-6-9-7(2)8(3,4)5/h6-7H,1-5H3. The fourth-order valence-corrected chi connectivity index (χ4v) is 0.408. The van der Waals surface area contributed by atoms with Gasteiger partial charge < -0.3 is 4.74 Å². The number of rotatable bonds is 2. The topological polar surface area (TPSA) is 9.23 Å². The van der Waals surface area contributed by atoms with Crippen LogP contribution in [0, 0.1) is 12.0 Å². The van der Waals surface area contributed by atoms with Crippen LogP contribution in [0.15, 0.2) is 0 Å². The maximum atomic E-state index is 5.28. The molecule has 1 atom stereocenters. The van der Waals surface area contributed by atoms with E-state index in [9.17, 15) is 0 Å². The second-order valence-corrected chi connectivity index (χ2v) is 3.38. The summed E-state index contributed by atoms with van der Waals surface area (Å²) in [6.45, 7) is 12.2. The van der Waals surface area contributed by atoms with Gasteiger partial charge in [-0.15, -0.1) is 0 Å². The lowest BCUT2D eigenvalue weighted by Gasteiger charge is -2.26. The molecule has 0 spiro atoms. The van der Waals surface area contributed by atoms with Crippen LogP contribution in [0.25, 0.3) is 0 Å². The second-order valence-electron chi connectivity index (χ2n) is 3.38. The lowest BCUT2D eigenvalue weighted by molar-refractivity contribution is 0.0365. The van der Waals surface area contributed by atoms with Gasteiger partial charge in [0.1, 0.15) is 0 Å². The van der Waals surface area contributed by atoms with E-state index in [1.807, 2.05) is 6.92 Å². The van der Waals surface area contributed by atoms with Crippen LogP contribution in [-0.4, -0.2) is 6.10 Å².